The SMILES string of the molecule is COc1nc(N(C)C)sc1CNCCOCC(F)(F)F. The molecule has 0 radical (unpaired) electrons. The van der Waals surface area contributed by atoms with E-state index < -0.39 is 12.8 Å². The summed E-state index contributed by atoms with van der Waals surface area (Å²) >= 11 is 1.47. The number of nitrogens with zero attached hydrogens (tertiary/aromatic N) is 2. The fraction of sp³-hybridized carbons (Fsp3) is 0.727. The van der Waals surface area contributed by atoms with Gasteiger partial charge in [-0.05, 0) is 0 Å². The van der Waals surface area contributed by atoms with Crippen LogP contribution >= 0.6 is 11.3 Å². The lowest BCUT2D eigenvalue weighted by atomic mass is 10.5. The molecule has 0 aliphatic carbocycles. The number of hydrogen-bond acceptors (Lipinski definition) is 6. The van der Waals surface area contributed by atoms with Crippen molar-refractivity contribution in [2.75, 3.05) is 45.9 Å². The monoisotopic (exact) mass is 313 g/mol. The molecular formula is C11H18F3N3O2S. The van der Waals surface area contributed by atoms with Crippen LogP contribution in [0.2, 0.25) is 0 Å². The number of methoxy groups -OCH3 is 1. The summed E-state index contributed by atoms with van der Waals surface area (Å²) in [5.74, 6) is 0.530. The maximum Gasteiger partial charge on any atom is 0.411 e. The smallest absolute Gasteiger partial charge is 0.411 e. The van der Waals surface area contributed by atoms with Gasteiger partial charge in [0.25, 0.3) is 0 Å². The first-order valence-electron chi connectivity index (χ1n) is 5.89. The highest BCUT2D eigenvalue weighted by Crippen LogP contribution is 2.30. The minimum absolute atomic E-state index is 0.00116. The molecule has 0 unspecified atom stereocenters. The average molecular weight is 313 g/mol. The molecule has 1 aromatic rings. The van der Waals surface area contributed by atoms with Crippen molar-refractivity contribution in [2.24, 2.45) is 0 Å². The van der Waals surface area contributed by atoms with Gasteiger partial charge in [-0.25, -0.2) is 0 Å². The fourth-order valence-corrected chi connectivity index (χ4v) is 2.24. The van der Waals surface area contributed by atoms with Gasteiger partial charge in [0.2, 0.25) is 5.88 Å². The van der Waals surface area contributed by atoms with Crippen LogP contribution in [-0.2, 0) is 11.3 Å². The largest absolute Gasteiger partial charge is 0.480 e. The van der Waals surface area contributed by atoms with E-state index in [-0.39, 0.29) is 6.61 Å². The summed E-state index contributed by atoms with van der Waals surface area (Å²) in [4.78, 5) is 7.04. The molecule has 0 aliphatic heterocycles. The molecule has 5 nitrogen and oxygen atoms in total. The second-order valence-electron chi connectivity index (χ2n) is 4.17. The quantitative estimate of drug-likeness (QED) is 0.743. The lowest BCUT2D eigenvalue weighted by molar-refractivity contribution is -0.173. The van der Waals surface area contributed by atoms with Crippen molar-refractivity contribution < 1.29 is 22.6 Å². The van der Waals surface area contributed by atoms with Gasteiger partial charge in [0, 0.05) is 27.2 Å². The summed E-state index contributed by atoms with van der Waals surface area (Å²) in [6.45, 7) is -0.414. The van der Waals surface area contributed by atoms with Crippen LogP contribution in [0.4, 0.5) is 18.3 Å². The molecule has 0 bridgehead atoms. The molecule has 1 N–H and O–H groups in total. The third-order valence-electron chi connectivity index (χ3n) is 2.20. The van der Waals surface area contributed by atoms with Crippen molar-refractivity contribution in [1.29, 1.82) is 0 Å². The number of aromatic nitrogens is 1. The zero-order chi connectivity index (χ0) is 15.2. The Kier molecular flexibility index (Phi) is 6.50. The molecule has 1 aromatic heterocycles. The molecule has 116 valence electrons. The van der Waals surface area contributed by atoms with Gasteiger partial charge in [0.1, 0.15) is 6.61 Å². The van der Waals surface area contributed by atoms with E-state index in [2.05, 4.69) is 15.0 Å². The molecule has 1 heterocycles. The van der Waals surface area contributed by atoms with Gasteiger partial charge in [-0.3, -0.25) is 0 Å². The second-order valence-corrected chi connectivity index (χ2v) is 5.23. The van der Waals surface area contributed by atoms with Gasteiger partial charge in [-0.15, -0.1) is 0 Å². The number of nitrogens with one attached hydrogen (secondary N) is 1. The highest BCUT2D eigenvalue weighted by atomic mass is 32.1. The van der Waals surface area contributed by atoms with Gasteiger partial charge >= 0.3 is 6.18 Å². The summed E-state index contributed by atoms with van der Waals surface area (Å²) in [5.41, 5.74) is 0. The molecule has 9 heteroatoms. The van der Waals surface area contributed by atoms with Crippen LogP contribution in [0.5, 0.6) is 5.88 Å². The minimum atomic E-state index is -4.28. The number of alkyl halides is 3. The number of anilines is 1. The van der Waals surface area contributed by atoms with Crippen molar-refractivity contribution in [3.05, 3.63) is 4.88 Å². The lowest BCUT2D eigenvalue weighted by Gasteiger charge is -2.08. The van der Waals surface area contributed by atoms with Gasteiger partial charge in [-0.1, -0.05) is 11.3 Å². The molecule has 1 rings (SSSR count). The summed E-state index contributed by atoms with van der Waals surface area (Å²) in [6.07, 6.45) is -4.28. The molecule has 0 aliphatic rings. The number of halogens is 3. The molecule has 0 spiro atoms. The Balaban J connectivity index is 2.31. The van der Waals surface area contributed by atoms with E-state index in [1.54, 1.807) is 0 Å². The molecule has 0 saturated carbocycles. The van der Waals surface area contributed by atoms with E-state index >= 15 is 0 Å². The summed E-state index contributed by atoms with van der Waals surface area (Å²) in [5, 5.41) is 3.81. The van der Waals surface area contributed by atoms with E-state index in [0.29, 0.717) is 19.0 Å². The Labute approximate surface area is 119 Å². The highest BCUT2D eigenvalue weighted by molar-refractivity contribution is 7.15. The number of rotatable bonds is 8. The Morgan fingerprint density at radius 3 is 2.60 bits per heavy atom. The second kappa shape index (κ2) is 7.65. The van der Waals surface area contributed by atoms with E-state index in [9.17, 15) is 13.2 Å². The van der Waals surface area contributed by atoms with Gasteiger partial charge in [0.15, 0.2) is 5.13 Å². The molecule has 0 saturated heterocycles. The first kappa shape index (κ1) is 17.0. The van der Waals surface area contributed by atoms with E-state index in [1.807, 2.05) is 19.0 Å². The van der Waals surface area contributed by atoms with E-state index in [0.717, 1.165) is 10.0 Å². The van der Waals surface area contributed by atoms with Crippen molar-refractivity contribution >= 4 is 16.5 Å². The van der Waals surface area contributed by atoms with E-state index in [4.69, 9.17) is 4.74 Å². The summed E-state index contributed by atoms with van der Waals surface area (Å²) < 4.78 is 45.1. The Morgan fingerprint density at radius 2 is 2.05 bits per heavy atom. The lowest BCUT2D eigenvalue weighted by Crippen LogP contribution is -2.23. The van der Waals surface area contributed by atoms with Crippen molar-refractivity contribution in [1.82, 2.24) is 10.3 Å². The molecule has 20 heavy (non-hydrogen) atoms. The minimum Gasteiger partial charge on any atom is -0.480 e. The predicted octanol–water partition coefficient (Wildman–Crippen LogP) is 1.89. The van der Waals surface area contributed by atoms with Crippen LogP contribution in [0.3, 0.4) is 0 Å². The topological polar surface area (TPSA) is 46.6 Å². The molecular weight excluding hydrogens is 295 g/mol. The van der Waals surface area contributed by atoms with E-state index in [1.165, 1.54) is 18.4 Å². The zero-order valence-corrected chi connectivity index (χ0v) is 12.4. The van der Waals surface area contributed by atoms with Gasteiger partial charge in [0.05, 0.1) is 18.6 Å². The van der Waals surface area contributed by atoms with Crippen LogP contribution in [0, 0.1) is 0 Å². The standard InChI is InChI=1S/C11H18F3N3O2S/c1-17(2)10-16-9(18-3)8(20-10)6-15-4-5-19-7-11(12,13)14/h15H,4-7H2,1-3H3. The Bertz CT molecular complexity index is 410. The zero-order valence-electron chi connectivity index (χ0n) is 11.6. The normalized spacial score (nSPS) is 11.7. The van der Waals surface area contributed by atoms with Crippen LogP contribution < -0.4 is 15.0 Å². The Hall–Kier alpha value is -1.06. The third kappa shape index (κ3) is 5.93. The van der Waals surface area contributed by atoms with Gasteiger partial charge < -0.3 is 19.7 Å². The van der Waals surface area contributed by atoms with Crippen molar-refractivity contribution in [2.45, 2.75) is 12.7 Å². The molecule has 0 fully saturated rings. The fourth-order valence-electron chi connectivity index (χ4n) is 1.32. The number of hydrogen-bond donors (Lipinski definition) is 1. The molecule has 0 aromatic carbocycles. The number of thiazole rings is 1. The highest BCUT2D eigenvalue weighted by Gasteiger charge is 2.27. The van der Waals surface area contributed by atoms with Crippen LogP contribution in [0.15, 0.2) is 0 Å². The number of ether oxygens (including phenoxy) is 2. The predicted molar refractivity (Wildman–Crippen MR) is 71.6 cm³/mol. The maximum absolute atomic E-state index is 11.8. The molecule has 0 amide bonds. The first-order chi connectivity index (χ1) is 9.33. The summed E-state index contributed by atoms with van der Waals surface area (Å²) in [6, 6.07) is 0. The van der Waals surface area contributed by atoms with Crippen LogP contribution in [-0.4, -0.2) is 52.1 Å². The third-order valence-corrected chi connectivity index (χ3v) is 3.40. The van der Waals surface area contributed by atoms with Gasteiger partial charge in [-0.2, -0.15) is 18.2 Å². The molecule has 0 atom stereocenters. The van der Waals surface area contributed by atoms with Crippen LogP contribution in [0.25, 0.3) is 0 Å². The average Bonchev–Trinajstić information content (AvgIpc) is 2.75. The summed E-state index contributed by atoms with van der Waals surface area (Å²) in [7, 11) is 5.28. The Morgan fingerprint density at radius 1 is 1.35 bits per heavy atom. The maximum atomic E-state index is 11.8. The first-order valence-corrected chi connectivity index (χ1v) is 6.71. The van der Waals surface area contributed by atoms with Crippen molar-refractivity contribution in [3.63, 3.8) is 0 Å². The van der Waals surface area contributed by atoms with Crippen LogP contribution in [0.1, 0.15) is 4.88 Å². The van der Waals surface area contributed by atoms with Crippen molar-refractivity contribution in [3.8, 4) is 5.88 Å².